The van der Waals surface area contributed by atoms with E-state index >= 15 is 0 Å². The number of rotatable bonds is 3. The van der Waals surface area contributed by atoms with Crippen LogP contribution in [0.3, 0.4) is 0 Å². The van der Waals surface area contributed by atoms with Crippen LogP contribution in [0.25, 0.3) is 0 Å². The molecule has 0 amide bonds. The molecule has 0 saturated heterocycles. The molecule has 1 nitrogen and oxygen atoms in total. The van der Waals surface area contributed by atoms with Gasteiger partial charge in [0, 0.05) is 12.5 Å². The van der Waals surface area contributed by atoms with Gasteiger partial charge in [-0.1, -0.05) is 13.3 Å². The SMILES string of the molecule is CCCC[n+]1cccc(Br)c1. The second-order valence-electron chi connectivity index (χ2n) is 2.61. The van der Waals surface area contributed by atoms with Crippen molar-refractivity contribution in [3.63, 3.8) is 0 Å². The zero-order valence-electron chi connectivity index (χ0n) is 6.76. The van der Waals surface area contributed by atoms with E-state index in [-0.39, 0.29) is 0 Å². The van der Waals surface area contributed by atoms with Crippen LogP contribution in [0, 0.1) is 0 Å². The molecule has 0 aliphatic heterocycles. The Morgan fingerprint density at radius 1 is 1.55 bits per heavy atom. The van der Waals surface area contributed by atoms with Gasteiger partial charge in [0.2, 0.25) is 0 Å². The molecule has 1 heterocycles. The lowest BCUT2D eigenvalue weighted by molar-refractivity contribution is -0.697. The molecule has 1 rings (SSSR count). The van der Waals surface area contributed by atoms with E-state index < -0.39 is 0 Å². The highest BCUT2D eigenvalue weighted by molar-refractivity contribution is 9.10. The van der Waals surface area contributed by atoms with Crippen molar-refractivity contribution in [3.8, 4) is 0 Å². The predicted molar refractivity (Wildman–Crippen MR) is 49.2 cm³/mol. The highest BCUT2D eigenvalue weighted by Gasteiger charge is 1.97. The summed E-state index contributed by atoms with van der Waals surface area (Å²) in [7, 11) is 0. The van der Waals surface area contributed by atoms with Gasteiger partial charge in [-0.15, -0.1) is 0 Å². The smallest absolute Gasteiger partial charge is 0.183 e. The van der Waals surface area contributed by atoms with E-state index in [1.54, 1.807) is 0 Å². The van der Waals surface area contributed by atoms with Crippen molar-refractivity contribution >= 4 is 15.9 Å². The van der Waals surface area contributed by atoms with Crippen molar-refractivity contribution < 1.29 is 4.57 Å². The van der Waals surface area contributed by atoms with Gasteiger partial charge in [-0.3, -0.25) is 0 Å². The zero-order chi connectivity index (χ0) is 8.10. The molecule has 1 aromatic heterocycles. The predicted octanol–water partition coefficient (Wildman–Crippen LogP) is 2.54. The summed E-state index contributed by atoms with van der Waals surface area (Å²) in [6.07, 6.45) is 6.71. The first-order valence-corrected chi connectivity index (χ1v) is 4.77. The van der Waals surface area contributed by atoms with E-state index in [0.29, 0.717) is 0 Å². The molecule has 11 heavy (non-hydrogen) atoms. The van der Waals surface area contributed by atoms with Gasteiger partial charge in [0.1, 0.15) is 6.54 Å². The molecule has 1 aromatic rings. The third-order valence-corrected chi connectivity index (χ3v) is 2.06. The topological polar surface area (TPSA) is 3.88 Å². The first-order chi connectivity index (χ1) is 5.33. The Hall–Kier alpha value is -0.370. The van der Waals surface area contributed by atoms with Gasteiger partial charge < -0.3 is 0 Å². The molecule has 0 aliphatic rings. The first-order valence-electron chi connectivity index (χ1n) is 3.97. The van der Waals surface area contributed by atoms with Crippen LogP contribution in [0.4, 0.5) is 0 Å². The minimum absolute atomic E-state index is 1.12. The number of hydrogen-bond donors (Lipinski definition) is 0. The highest BCUT2D eigenvalue weighted by atomic mass is 79.9. The Balaban J connectivity index is 2.56. The van der Waals surface area contributed by atoms with Gasteiger partial charge in [-0.2, -0.15) is 0 Å². The van der Waals surface area contributed by atoms with Crippen molar-refractivity contribution in [2.24, 2.45) is 0 Å². The van der Waals surface area contributed by atoms with Gasteiger partial charge in [-0.25, -0.2) is 4.57 Å². The second-order valence-corrected chi connectivity index (χ2v) is 3.53. The lowest BCUT2D eigenvalue weighted by Crippen LogP contribution is -2.32. The molecule has 0 fully saturated rings. The highest BCUT2D eigenvalue weighted by Crippen LogP contribution is 2.03. The maximum atomic E-state index is 3.43. The van der Waals surface area contributed by atoms with E-state index in [4.69, 9.17) is 0 Å². The number of halogens is 1. The van der Waals surface area contributed by atoms with Crippen LogP contribution in [-0.4, -0.2) is 0 Å². The van der Waals surface area contributed by atoms with E-state index in [2.05, 4.69) is 45.9 Å². The number of aryl methyl sites for hydroxylation is 1. The molecule has 0 radical (unpaired) electrons. The summed E-state index contributed by atoms with van der Waals surface area (Å²) in [5, 5.41) is 0. The molecule has 60 valence electrons. The van der Waals surface area contributed by atoms with Crippen LogP contribution in [0.1, 0.15) is 19.8 Å². The fourth-order valence-electron chi connectivity index (χ4n) is 0.970. The van der Waals surface area contributed by atoms with Gasteiger partial charge in [-0.05, 0) is 22.0 Å². The van der Waals surface area contributed by atoms with Crippen molar-refractivity contribution in [3.05, 3.63) is 29.0 Å². The minimum atomic E-state index is 1.12. The maximum Gasteiger partial charge on any atom is 0.183 e. The van der Waals surface area contributed by atoms with Gasteiger partial charge in [0.15, 0.2) is 12.4 Å². The molecule has 0 aromatic carbocycles. The van der Waals surface area contributed by atoms with Crippen molar-refractivity contribution in [1.82, 2.24) is 0 Å². The molecular weight excluding hydrogens is 202 g/mol. The van der Waals surface area contributed by atoms with Crippen LogP contribution in [0.2, 0.25) is 0 Å². The average molecular weight is 215 g/mol. The normalized spacial score (nSPS) is 10.0. The van der Waals surface area contributed by atoms with Crippen LogP contribution in [-0.2, 0) is 6.54 Å². The summed E-state index contributed by atoms with van der Waals surface area (Å²) in [5.74, 6) is 0. The van der Waals surface area contributed by atoms with E-state index in [0.717, 1.165) is 11.0 Å². The van der Waals surface area contributed by atoms with E-state index in [1.165, 1.54) is 12.8 Å². The summed E-state index contributed by atoms with van der Waals surface area (Å²) in [4.78, 5) is 0. The van der Waals surface area contributed by atoms with Crippen molar-refractivity contribution in [1.29, 1.82) is 0 Å². The summed E-state index contributed by atoms with van der Waals surface area (Å²) < 4.78 is 3.35. The lowest BCUT2D eigenvalue weighted by Gasteiger charge is -1.93. The van der Waals surface area contributed by atoms with Crippen LogP contribution in [0.5, 0.6) is 0 Å². The largest absolute Gasteiger partial charge is 0.204 e. The molecule has 0 atom stereocenters. The standard InChI is InChI=1S/C9H13BrN/c1-2-3-6-11-7-4-5-9(10)8-11/h4-5,7-8H,2-3,6H2,1H3/q+1. The first kappa shape index (κ1) is 8.72. The number of unbranched alkanes of at least 4 members (excludes halogenated alkanes) is 1. The minimum Gasteiger partial charge on any atom is -0.204 e. The Labute approximate surface area is 76.2 Å². The molecule has 0 N–H and O–H groups in total. The number of hydrogen-bond acceptors (Lipinski definition) is 0. The summed E-state index contributed by atoms with van der Waals surface area (Å²) in [6, 6.07) is 4.10. The van der Waals surface area contributed by atoms with Gasteiger partial charge in [0.25, 0.3) is 0 Å². The maximum absolute atomic E-state index is 3.43. The van der Waals surface area contributed by atoms with Crippen molar-refractivity contribution in [2.75, 3.05) is 0 Å². The molecule has 0 unspecified atom stereocenters. The van der Waals surface area contributed by atoms with Crippen LogP contribution < -0.4 is 4.57 Å². The lowest BCUT2D eigenvalue weighted by atomic mass is 10.3. The van der Waals surface area contributed by atoms with Crippen LogP contribution >= 0.6 is 15.9 Å². The fraction of sp³-hybridized carbons (Fsp3) is 0.444. The molecule has 0 spiro atoms. The molecular formula is C9H13BrN+. The van der Waals surface area contributed by atoms with Gasteiger partial charge in [0.05, 0.1) is 4.47 Å². The fourth-order valence-corrected chi connectivity index (χ4v) is 1.39. The second kappa shape index (κ2) is 4.50. The number of nitrogens with zero attached hydrogens (tertiary/aromatic N) is 1. The Bertz CT molecular complexity index is 223. The Morgan fingerprint density at radius 2 is 2.36 bits per heavy atom. The average Bonchev–Trinajstić information content (AvgIpc) is 2.01. The molecule has 2 heteroatoms. The number of pyridine rings is 1. The third-order valence-electron chi connectivity index (χ3n) is 1.59. The van der Waals surface area contributed by atoms with E-state index in [1.807, 2.05) is 6.07 Å². The summed E-state index contributed by atoms with van der Waals surface area (Å²) >= 11 is 3.43. The quantitative estimate of drug-likeness (QED) is 0.682. The molecule has 0 bridgehead atoms. The zero-order valence-corrected chi connectivity index (χ0v) is 8.34. The Morgan fingerprint density at radius 3 is 3.00 bits per heavy atom. The van der Waals surface area contributed by atoms with Gasteiger partial charge >= 0.3 is 0 Å². The summed E-state index contributed by atoms with van der Waals surface area (Å²) in [5.41, 5.74) is 0. The monoisotopic (exact) mass is 214 g/mol. The Kier molecular flexibility index (Phi) is 3.57. The number of aromatic nitrogens is 1. The molecule has 0 saturated carbocycles. The third kappa shape index (κ3) is 3.02. The van der Waals surface area contributed by atoms with E-state index in [9.17, 15) is 0 Å². The van der Waals surface area contributed by atoms with Crippen LogP contribution in [0.15, 0.2) is 29.0 Å². The van der Waals surface area contributed by atoms with Crippen molar-refractivity contribution in [2.45, 2.75) is 26.3 Å². The summed E-state index contributed by atoms with van der Waals surface area (Å²) in [6.45, 7) is 3.33. The molecule has 0 aliphatic carbocycles.